The van der Waals surface area contributed by atoms with E-state index in [9.17, 15) is 18.0 Å². The Morgan fingerprint density at radius 2 is 2.00 bits per heavy atom. The highest BCUT2D eigenvalue weighted by Crippen LogP contribution is 2.54. The van der Waals surface area contributed by atoms with Gasteiger partial charge in [0.2, 0.25) is 5.78 Å². The van der Waals surface area contributed by atoms with Crippen molar-refractivity contribution in [2.45, 2.75) is 41.6 Å². The number of allylic oxidation sites excluding steroid dienone is 2. The monoisotopic (exact) mass is 567 g/mol. The highest BCUT2D eigenvalue weighted by atomic mass is 79.9. The van der Waals surface area contributed by atoms with Crippen LogP contribution >= 0.6 is 15.9 Å². The largest absolute Gasteiger partial charge is 0.376 e. The molecule has 1 aromatic carbocycles. The van der Waals surface area contributed by atoms with Crippen LogP contribution in [0.1, 0.15) is 33.6 Å². The van der Waals surface area contributed by atoms with Crippen LogP contribution < -0.4 is 5.32 Å². The Bertz CT molecular complexity index is 1580. The zero-order valence-corrected chi connectivity index (χ0v) is 21.7. The number of aryl methyl sites for hydroxylation is 1. The van der Waals surface area contributed by atoms with Crippen molar-refractivity contribution in [3.63, 3.8) is 0 Å². The maximum atomic E-state index is 14.1. The van der Waals surface area contributed by atoms with Crippen LogP contribution in [0.2, 0.25) is 0 Å². The number of ether oxygens (including phenoxy) is 1. The van der Waals surface area contributed by atoms with Crippen LogP contribution in [0, 0.1) is 12.3 Å². The van der Waals surface area contributed by atoms with Gasteiger partial charge in [-0.15, -0.1) is 0 Å². The van der Waals surface area contributed by atoms with Crippen LogP contribution in [0.25, 0.3) is 0 Å². The van der Waals surface area contributed by atoms with Crippen molar-refractivity contribution in [2.24, 2.45) is 10.4 Å². The molecule has 1 saturated heterocycles. The molecule has 5 aliphatic rings. The van der Waals surface area contributed by atoms with Gasteiger partial charge in [-0.2, -0.15) is 0 Å². The number of aromatic nitrogens is 1. The Kier molecular flexibility index (Phi) is 4.58. The van der Waals surface area contributed by atoms with Gasteiger partial charge >= 0.3 is 0 Å². The summed E-state index contributed by atoms with van der Waals surface area (Å²) in [4.78, 5) is 31.1. The predicted molar refractivity (Wildman–Crippen MR) is 135 cm³/mol. The number of ketones is 2. The molecule has 1 aromatic heterocycles. The summed E-state index contributed by atoms with van der Waals surface area (Å²) in [6.07, 6.45) is 5.72. The number of rotatable bonds is 2. The first kappa shape index (κ1) is 22.4. The van der Waals surface area contributed by atoms with E-state index in [0.29, 0.717) is 48.5 Å². The number of nitrogens with one attached hydrogen (secondary N) is 1. The molecule has 4 atom stereocenters. The van der Waals surface area contributed by atoms with Gasteiger partial charge < -0.3 is 10.1 Å². The van der Waals surface area contributed by atoms with E-state index in [0.717, 1.165) is 15.1 Å². The minimum atomic E-state index is -4.01. The second-order valence-electron chi connectivity index (χ2n) is 10.0. The molecular weight excluding hydrogens is 546 g/mol. The molecule has 4 heterocycles. The molecule has 0 saturated carbocycles. The Balaban J connectivity index is 1.47. The number of Topliss-reactive ketones (excluding diaryl/α,β-unsaturated/α-hetero) is 1. The fourth-order valence-corrected chi connectivity index (χ4v) is 8.45. The number of carbonyl (C=O) groups is 2. The highest BCUT2D eigenvalue weighted by molar-refractivity contribution is 9.10. The summed E-state index contributed by atoms with van der Waals surface area (Å²) in [5.41, 5.74) is 3.40. The highest BCUT2D eigenvalue weighted by Gasteiger charge is 2.59. The Morgan fingerprint density at radius 3 is 2.78 bits per heavy atom. The topological polar surface area (TPSA) is 107 Å². The Morgan fingerprint density at radius 1 is 1.22 bits per heavy atom. The summed E-state index contributed by atoms with van der Waals surface area (Å²) in [6.45, 7) is 2.71. The first-order valence-electron chi connectivity index (χ1n) is 11.9. The smallest absolute Gasteiger partial charge is 0.268 e. The molecule has 2 aliphatic carbocycles. The number of alkyl halides is 1. The minimum Gasteiger partial charge on any atom is -0.376 e. The molecule has 1 N–H and O–H groups in total. The fourth-order valence-electron chi connectivity index (χ4n) is 6.28. The van der Waals surface area contributed by atoms with Gasteiger partial charge in [-0.25, -0.2) is 12.4 Å². The van der Waals surface area contributed by atoms with E-state index in [1.165, 1.54) is 0 Å². The summed E-state index contributed by atoms with van der Waals surface area (Å²) >= 11 is 3.53. The summed E-state index contributed by atoms with van der Waals surface area (Å²) < 4.78 is 34.8. The maximum Gasteiger partial charge on any atom is 0.268 e. The van der Waals surface area contributed by atoms with Crippen molar-refractivity contribution in [3.8, 4) is 0 Å². The van der Waals surface area contributed by atoms with Crippen LogP contribution in [0.4, 0.5) is 0 Å². The average Bonchev–Trinajstić information content (AvgIpc) is 3.27. The maximum absolute atomic E-state index is 14.1. The second-order valence-corrected chi connectivity index (χ2v) is 12.8. The lowest BCUT2D eigenvalue weighted by Gasteiger charge is -2.54. The van der Waals surface area contributed by atoms with Crippen LogP contribution in [-0.2, 0) is 26.0 Å². The number of hydrogen-bond acceptors (Lipinski definition) is 7. The number of fused-ring (bicyclic) bond motifs is 2. The Labute approximate surface area is 216 Å². The van der Waals surface area contributed by atoms with Crippen molar-refractivity contribution >= 4 is 43.2 Å². The average molecular weight is 568 g/mol. The molecule has 0 unspecified atom stereocenters. The van der Waals surface area contributed by atoms with Gasteiger partial charge in [0, 0.05) is 29.3 Å². The minimum absolute atomic E-state index is 0.0748. The SMILES string of the molecule is Cc1ccc(S(=O)(=O)n2cc3c4c2C(=O)C2=C(C4=NCC3)[C@]34C=CC(=O)[C@@H](Br)[C@H]3OC[C@@H](C4)N2)cc1. The standard InChI is InChI=1S/C26H22BrN3O5S/c1-13-2-4-16(5-3-13)36(33,34)30-11-14-7-9-28-21-18(14)23(30)24(32)22-19(21)26-8-6-17(31)20(27)25(26)35-12-15(10-26)29-22/h2-6,8,11,15,20,25,29H,7,9-10,12H2,1H3/t15-,20-,25-,26-/m1/s1. The van der Waals surface area contributed by atoms with E-state index in [4.69, 9.17) is 9.73 Å². The van der Waals surface area contributed by atoms with E-state index < -0.39 is 26.4 Å². The lowest BCUT2D eigenvalue weighted by atomic mass is 9.60. The second kappa shape index (κ2) is 7.36. The van der Waals surface area contributed by atoms with Crippen LogP contribution in [-0.4, -0.2) is 59.8 Å². The number of aliphatic imine (C=N–C) groups is 1. The summed E-state index contributed by atoms with van der Waals surface area (Å²) in [5.74, 6) is -0.446. The number of halogens is 1. The molecule has 1 spiro atoms. The molecule has 3 aliphatic heterocycles. The lowest BCUT2D eigenvalue weighted by molar-refractivity contribution is -0.123. The lowest BCUT2D eigenvalue weighted by Crippen LogP contribution is -2.62. The molecule has 2 bridgehead atoms. The van der Waals surface area contributed by atoms with Crippen molar-refractivity contribution in [1.82, 2.24) is 9.29 Å². The molecule has 7 rings (SSSR count). The number of benzene rings is 1. The van der Waals surface area contributed by atoms with Gasteiger partial charge in [0.05, 0.1) is 35.1 Å². The number of nitrogens with zero attached hydrogens (tertiary/aromatic N) is 2. The van der Waals surface area contributed by atoms with Crippen molar-refractivity contribution < 1.29 is 22.7 Å². The number of hydrogen-bond donors (Lipinski definition) is 1. The molecule has 184 valence electrons. The van der Waals surface area contributed by atoms with Gasteiger partial charge in [0.1, 0.15) is 10.5 Å². The van der Waals surface area contributed by atoms with Crippen molar-refractivity contribution in [3.05, 3.63) is 76.3 Å². The summed E-state index contributed by atoms with van der Waals surface area (Å²) in [7, 11) is -4.01. The van der Waals surface area contributed by atoms with Crippen molar-refractivity contribution in [1.29, 1.82) is 0 Å². The first-order chi connectivity index (χ1) is 17.2. The molecule has 0 radical (unpaired) electrons. The molecule has 8 nitrogen and oxygen atoms in total. The third kappa shape index (κ3) is 2.77. The van der Waals surface area contributed by atoms with E-state index in [1.54, 1.807) is 36.5 Å². The van der Waals surface area contributed by atoms with Crippen LogP contribution in [0.15, 0.2) is 63.8 Å². The molecule has 36 heavy (non-hydrogen) atoms. The van der Waals surface area contributed by atoms with E-state index in [-0.39, 0.29) is 28.2 Å². The quantitative estimate of drug-likeness (QED) is 0.559. The van der Waals surface area contributed by atoms with Gasteiger partial charge in [0.15, 0.2) is 5.78 Å². The van der Waals surface area contributed by atoms with Gasteiger partial charge in [-0.05, 0) is 43.5 Å². The van der Waals surface area contributed by atoms with Gasteiger partial charge in [0.25, 0.3) is 10.0 Å². The third-order valence-electron chi connectivity index (χ3n) is 7.91. The number of carbonyl (C=O) groups excluding carboxylic acids is 2. The van der Waals surface area contributed by atoms with E-state index in [2.05, 4.69) is 21.2 Å². The summed E-state index contributed by atoms with van der Waals surface area (Å²) in [5, 5.41) is 3.34. The van der Waals surface area contributed by atoms with E-state index >= 15 is 0 Å². The summed E-state index contributed by atoms with van der Waals surface area (Å²) in [6, 6.07) is 6.46. The predicted octanol–water partition coefficient (Wildman–Crippen LogP) is 2.48. The molecule has 10 heteroatoms. The fraction of sp³-hybridized carbons (Fsp3) is 0.346. The van der Waals surface area contributed by atoms with E-state index in [1.807, 2.05) is 13.0 Å². The zero-order chi connectivity index (χ0) is 25.0. The van der Waals surface area contributed by atoms with Crippen LogP contribution in [0.5, 0.6) is 0 Å². The third-order valence-corrected chi connectivity index (χ3v) is 10.5. The van der Waals surface area contributed by atoms with Gasteiger partial charge in [-0.1, -0.05) is 39.7 Å². The molecule has 0 amide bonds. The normalized spacial score (nSPS) is 30.3. The van der Waals surface area contributed by atoms with Crippen molar-refractivity contribution in [2.75, 3.05) is 13.2 Å². The first-order valence-corrected chi connectivity index (χ1v) is 14.2. The van der Waals surface area contributed by atoms with Crippen LogP contribution in [0.3, 0.4) is 0 Å². The molecular formula is C26H22BrN3O5S. The van der Waals surface area contributed by atoms with Gasteiger partial charge in [-0.3, -0.25) is 14.6 Å². The zero-order valence-electron chi connectivity index (χ0n) is 19.3. The molecule has 1 fully saturated rings. The molecule has 2 aromatic rings. The Hall–Kier alpha value is -2.82.